The number of hydrogen-bond donors (Lipinski definition) is 3. The Morgan fingerprint density at radius 2 is 2.16 bits per heavy atom. The Balaban J connectivity index is 2.77. The first-order valence-corrected chi connectivity index (χ1v) is 7.39. The summed E-state index contributed by atoms with van der Waals surface area (Å²) in [6, 6.07) is 1.47. The minimum absolute atomic E-state index is 0.000882. The maximum atomic E-state index is 11.6. The van der Waals surface area contributed by atoms with Crippen molar-refractivity contribution in [3.63, 3.8) is 0 Å². The number of pyridine rings is 1. The lowest BCUT2D eigenvalue weighted by Crippen LogP contribution is -2.37. The highest BCUT2D eigenvalue weighted by atomic mass is 79.9. The number of carbonyl (C=O) groups excluding carboxylic acids is 1. The Hall–Kier alpha value is -1.55. The van der Waals surface area contributed by atoms with E-state index in [4.69, 9.17) is 5.73 Å². The molecule has 106 valence electrons. The normalized spacial score (nSPS) is 11.2. The lowest BCUT2D eigenvalue weighted by atomic mass is 10.4. The number of hydrogen-bond acceptors (Lipinski definition) is 6. The molecule has 1 heterocycles. The first kappa shape index (κ1) is 15.5. The van der Waals surface area contributed by atoms with Gasteiger partial charge in [0.15, 0.2) is 5.82 Å². The molecule has 0 aliphatic heterocycles. The number of carbonyl (C=O) groups is 1. The summed E-state index contributed by atoms with van der Waals surface area (Å²) in [5.41, 5.74) is 5.83. The Morgan fingerprint density at radius 1 is 1.53 bits per heavy atom. The molecule has 0 bridgehead atoms. The van der Waals surface area contributed by atoms with Gasteiger partial charge < -0.3 is 10.5 Å². The molecule has 0 aliphatic rings. The molecule has 1 rings (SSSR count). The summed E-state index contributed by atoms with van der Waals surface area (Å²) in [5.74, 6) is -0.000882. The Kier molecular flexibility index (Phi) is 4.95. The molecule has 4 N–H and O–H groups in total. The van der Waals surface area contributed by atoms with Crippen LogP contribution in [0.25, 0.3) is 0 Å². The van der Waals surface area contributed by atoms with Gasteiger partial charge in [-0.1, -0.05) is 0 Å². The van der Waals surface area contributed by atoms with Gasteiger partial charge in [0.25, 0.3) is 0 Å². The molecule has 1 aromatic heterocycles. The quantitative estimate of drug-likeness (QED) is 0.748. The summed E-state index contributed by atoms with van der Waals surface area (Å²) >= 11 is 3.09. The highest BCUT2D eigenvalue weighted by Gasteiger charge is 2.18. The summed E-state index contributed by atoms with van der Waals surface area (Å²) in [6.07, 6.45) is -0.236. The van der Waals surface area contributed by atoms with Crippen LogP contribution in [0.5, 0.6) is 0 Å². The number of anilines is 2. The molecule has 0 aromatic carbocycles. The van der Waals surface area contributed by atoms with Crippen LogP contribution in [0, 0.1) is 0 Å². The van der Waals surface area contributed by atoms with Gasteiger partial charge in [0.1, 0.15) is 0 Å². The standard InChI is InChI=1S/C9H13BrN4O4S/c1-5(2)18-9(15)14-19(16,17)13-8-7(10)3-6(11)4-12-8/h3-5H,11H2,1-2H3,(H,12,13)(H,14,15). The zero-order valence-electron chi connectivity index (χ0n) is 10.2. The van der Waals surface area contributed by atoms with Crippen molar-refractivity contribution in [3.8, 4) is 0 Å². The third-order valence-electron chi connectivity index (χ3n) is 1.65. The van der Waals surface area contributed by atoms with Gasteiger partial charge in [-0.2, -0.15) is 8.42 Å². The average Bonchev–Trinajstić information content (AvgIpc) is 2.19. The smallest absolute Gasteiger partial charge is 0.422 e. The molecule has 0 aliphatic carbocycles. The average molecular weight is 353 g/mol. The Morgan fingerprint density at radius 3 is 2.68 bits per heavy atom. The van der Waals surface area contributed by atoms with Crippen molar-refractivity contribution in [1.29, 1.82) is 0 Å². The highest BCUT2D eigenvalue weighted by Crippen LogP contribution is 2.22. The summed E-state index contributed by atoms with van der Waals surface area (Å²) in [6.45, 7) is 3.19. The molecule has 0 saturated carbocycles. The number of nitrogens with two attached hydrogens (primary N) is 1. The molecule has 19 heavy (non-hydrogen) atoms. The third-order valence-corrected chi connectivity index (χ3v) is 3.16. The number of halogens is 1. The molecule has 0 atom stereocenters. The lowest BCUT2D eigenvalue weighted by Gasteiger charge is -2.11. The van der Waals surface area contributed by atoms with E-state index in [9.17, 15) is 13.2 Å². The lowest BCUT2D eigenvalue weighted by molar-refractivity contribution is 0.121. The van der Waals surface area contributed by atoms with Crippen molar-refractivity contribution in [2.24, 2.45) is 0 Å². The fraction of sp³-hybridized carbons (Fsp3) is 0.333. The SMILES string of the molecule is CC(C)OC(=O)NS(=O)(=O)Nc1ncc(N)cc1Br. The monoisotopic (exact) mass is 352 g/mol. The molecule has 8 nitrogen and oxygen atoms in total. The van der Waals surface area contributed by atoms with Crippen molar-refractivity contribution >= 4 is 43.7 Å². The van der Waals surface area contributed by atoms with Crippen LogP contribution < -0.4 is 15.2 Å². The minimum atomic E-state index is -4.12. The number of aromatic nitrogens is 1. The maximum Gasteiger partial charge on any atom is 0.422 e. The van der Waals surface area contributed by atoms with E-state index in [1.54, 1.807) is 18.6 Å². The highest BCUT2D eigenvalue weighted by molar-refractivity contribution is 9.10. The van der Waals surface area contributed by atoms with E-state index in [0.29, 0.717) is 10.2 Å². The molecule has 0 radical (unpaired) electrons. The topological polar surface area (TPSA) is 123 Å². The largest absolute Gasteiger partial charge is 0.446 e. The second kappa shape index (κ2) is 6.06. The number of nitrogens with one attached hydrogen (secondary N) is 2. The van der Waals surface area contributed by atoms with E-state index in [2.05, 4.69) is 30.4 Å². The van der Waals surface area contributed by atoms with Gasteiger partial charge in [-0.3, -0.25) is 0 Å². The van der Waals surface area contributed by atoms with E-state index in [-0.39, 0.29) is 5.82 Å². The van der Waals surface area contributed by atoms with Crippen molar-refractivity contribution in [2.75, 3.05) is 10.5 Å². The molecule has 0 spiro atoms. The minimum Gasteiger partial charge on any atom is -0.446 e. The van der Waals surface area contributed by atoms with Crippen molar-refractivity contribution in [3.05, 3.63) is 16.7 Å². The van der Waals surface area contributed by atoms with Gasteiger partial charge in [0, 0.05) is 0 Å². The van der Waals surface area contributed by atoms with Crippen LogP contribution in [0.3, 0.4) is 0 Å². The summed E-state index contributed by atoms with van der Waals surface area (Å²) in [5, 5.41) is 0. The van der Waals surface area contributed by atoms with Gasteiger partial charge >= 0.3 is 16.3 Å². The second-order valence-corrected chi connectivity index (χ2v) is 6.03. The van der Waals surface area contributed by atoms with E-state index in [0.717, 1.165) is 0 Å². The Labute approximate surface area is 119 Å². The van der Waals surface area contributed by atoms with E-state index < -0.39 is 22.4 Å². The fourth-order valence-corrected chi connectivity index (χ4v) is 2.36. The van der Waals surface area contributed by atoms with Gasteiger partial charge in [-0.15, -0.1) is 0 Å². The third kappa shape index (κ3) is 5.30. The first-order valence-electron chi connectivity index (χ1n) is 5.12. The molecule has 0 unspecified atom stereocenters. The van der Waals surface area contributed by atoms with Crippen molar-refractivity contribution in [1.82, 2.24) is 9.71 Å². The predicted octanol–water partition coefficient (Wildman–Crippen LogP) is 1.22. The number of nitrogens with zero attached hydrogens (tertiary/aromatic N) is 1. The summed E-state index contributed by atoms with van der Waals surface area (Å²) < 4.78 is 32.0. The summed E-state index contributed by atoms with van der Waals surface area (Å²) in [4.78, 5) is 15.0. The molecule has 1 amide bonds. The second-order valence-electron chi connectivity index (χ2n) is 3.76. The number of amides is 1. The van der Waals surface area contributed by atoms with Gasteiger partial charge in [-0.05, 0) is 35.8 Å². The van der Waals surface area contributed by atoms with Gasteiger partial charge in [0.05, 0.1) is 22.5 Å². The van der Waals surface area contributed by atoms with Crippen molar-refractivity contribution < 1.29 is 17.9 Å². The molecular formula is C9H13BrN4O4S. The zero-order valence-corrected chi connectivity index (χ0v) is 12.6. The maximum absolute atomic E-state index is 11.6. The van der Waals surface area contributed by atoms with E-state index in [1.165, 1.54) is 12.3 Å². The van der Waals surface area contributed by atoms with Crippen LogP contribution >= 0.6 is 15.9 Å². The van der Waals surface area contributed by atoms with Crippen LogP contribution in [0.2, 0.25) is 0 Å². The number of ether oxygens (including phenoxy) is 1. The molecule has 1 aromatic rings. The molecule has 0 saturated heterocycles. The van der Waals surface area contributed by atoms with Crippen LogP contribution in [0.15, 0.2) is 16.7 Å². The fourth-order valence-electron chi connectivity index (χ4n) is 1.03. The molecular weight excluding hydrogens is 340 g/mol. The van der Waals surface area contributed by atoms with E-state index >= 15 is 0 Å². The predicted molar refractivity (Wildman–Crippen MR) is 73.6 cm³/mol. The van der Waals surface area contributed by atoms with Crippen LogP contribution in [0.4, 0.5) is 16.3 Å². The Bertz CT molecular complexity index is 576. The van der Waals surface area contributed by atoms with Crippen LogP contribution in [-0.2, 0) is 14.9 Å². The first-order chi connectivity index (χ1) is 8.69. The van der Waals surface area contributed by atoms with Crippen LogP contribution in [-0.4, -0.2) is 25.6 Å². The number of nitrogen functional groups attached to an aromatic ring is 1. The zero-order chi connectivity index (χ0) is 14.6. The molecule has 10 heteroatoms. The van der Waals surface area contributed by atoms with Gasteiger partial charge in [0.2, 0.25) is 0 Å². The molecule has 0 fully saturated rings. The van der Waals surface area contributed by atoms with Gasteiger partial charge in [-0.25, -0.2) is 19.2 Å². The van der Waals surface area contributed by atoms with Crippen LogP contribution in [0.1, 0.15) is 13.8 Å². The van der Waals surface area contributed by atoms with Crippen molar-refractivity contribution in [2.45, 2.75) is 20.0 Å². The summed E-state index contributed by atoms with van der Waals surface area (Å²) in [7, 11) is -4.12. The number of rotatable bonds is 4. The van der Waals surface area contributed by atoms with E-state index in [1.807, 2.05) is 0 Å².